The number of aryl methyl sites for hydroxylation is 1. The topological polar surface area (TPSA) is 35.8 Å². The molecule has 96 valence electrons. The summed E-state index contributed by atoms with van der Waals surface area (Å²) in [6.07, 6.45) is 1.05. The summed E-state index contributed by atoms with van der Waals surface area (Å²) in [5.74, 6) is 0. The molecular weight excluding hydrogens is 300 g/mol. The Morgan fingerprint density at radius 3 is 2.42 bits per heavy atom. The molecule has 0 aliphatic heterocycles. The van der Waals surface area contributed by atoms with Crippen molar-refractivity contribution in [3.05, 3.63) is 63.6 Å². The van der Waals surface area contributed by atoms with Gasteiger partial charge in [0.15, 0.2) is 0 Å². The van der Waals surface area contributed by atoms with Crippen LogP contribution in [0.2, 0.25) is 0 Å². The third kappa shape index (κ3) is 3.59. The van der Waals surface area contributed by atoms with Crippen LogP contribution >= 0.6 is 15.9 Å². The molecule has 0 bridgehead atoms. The van der Waals surface area contributed by atoms with Crippen LogP contribution in [0.5, 0.6) is 0 Å². The fraction of sp³-hybridized carbons (Fsp3) is 0.188. The van der Waals surface area contributed by atoms with E-state index < -0.39 is 0 Å². The van der Waals surface area contributed by atoms with Gasteiger partial charge in [0.2, 0.25) is 0 Å². The van der Waals surface area contributed by atoms with Gasteiger partial charge in [-0.25, -0.2) is 0 Å². The maximum atomic E-state index is 9.10. The number of anilines is 1. The van der Waals surface area contributed by atoms with Crippen molar-refractivity contribution in [1.29, 1.82) is 5.26 Å². The predicted molar refractivity (Wildman–Crippen MR) is 82.0 cm³/mol. The van der Waals surface area contributed by atoms with Crippen LogP contribution < -0.4 is 5.32 Å². The van der Waals surface area contributed by atoms with E-state index in [1.807, 2.05) is 18.2 Å². The number of nitrogens with zero attached hydrogens (tertiary/aromatic N) is 1. The van der Waals surface area contributed by atoms with Crippen LogP contribution in [0, 0.1) is 11.3 Å². The van der Waals surface area contributed by atoms with Crippen molar-refractivity contribution in [1.82, 2.24) is 0 Å². The zero-order valence-corrected chi connectivity index (χ0v) is 12.4. The summed E-state index contributed by atoms with van der Waals surface area (Å²) < 4.78 is 0.918. The second-order valence-corrected chi connectivity index (χ2v) is 5.24. The maximum absolute atomic E-state index is 9.10. The second kappa shape index (κ2) is 6.40. The van der Waals surface area contributed by atoms with Crippen molar-refractivity contribution in [3.8, 4) is 6.07 Å². The fourth-order valence-electron chi connectivity index (χ4n) is 1.85. The van der Waals surface area contributed by atoms with E-state index in [2.05, 4.69) is 58.5 Å². The summed E-state index contributed by atoms with van der Waals surface area (Å²) in [7, 11) is 0. The normalized spacial score (nSPS) is 9.95. The number of hydrogen-bond acceptors (Lipinski definition) is 2. The number of benzene rings is 2. The van der Waals surface area contributed by atoms with Gasteiger partial charge in [-0.3, -0.25) is 0 Å². The molecule has 2 rings (SSSR count). The molecule has 0 atom stereocenters. The minimum atomic E-state index is 0.652. The summed E-state index contributed by atoms with van der Waals surface area (Å²) in [5.41, 5.74) is 4.07. The van der Waals surface area contributed by atoms with Gasteiger partial charge in [-0.2, -0.15) is 5.26 Å². The van der Waals surface area contributed by atoms with Crippen LogP contribution in [-0.2, 0) is 13.0 Å². The highest BCUT2D eigenvalue weighted by atomic mass is 79.9. The minimum Gasteiger partial charge on any atom is -0.380 e. The molecule has 0 fully saturated rings. The van der Waals surface area contributed by atoms with Gasteiger partial charge in [0.05, 0.1) is 11.3 Å². The van der Waals surface area contributed by atoms with E-state index >= 15 is 0 Å². The largest absolute Gasteiger partial charge is 0.380 e. The van der Waals surface area contributed by atoms with E-state index in [9.17, 15) is 0 Å². The number of rotatable bonds is 4. The summed E-state index contributed by atoms with van der Waals surface area (Å²) in [6.45, 7) is 2.87. The number of nitrogens with one attached hydrogen (secondary N) is 1. The summed E-state index contributed by atoms with van der Waals surface area (Å²) >= 11 is 3.37. The zero-order chi connectivity index (χ0) is 13.7. The Morgan fingerprint density at radius 1 is 1.11 bits per heavy atom. The summed E-state index contributed by atoms with van der Waals surface area (Å²) in [4.78, 5) is 0. The molecule has 3 heteroatoms. The van der Waals surface area contributed by atoms with Crippen LogP contribution in [0.4, 0.5) is 5.69 Å². The van der Waals surface area contributed by atoms with Gasteiger partial charge in [0.25, 0.3) is 0 Å². The lowest BCUT2D eigenvalue weighted by molar-refractivity contribution is 1.10. The molecule has 0 heterocycles. The number of halogens is 1. The Morgan fingerprint density at radius 2 is 1.79 bits per heavy atom. The molecule has 0 radical (unpaired) electrons. The SMILES string of the molecule is CCc1ccc(CNc2ccc(Br)cc2C#N)cc1. The second-order valence-electron chi connectivity index (χ2n) is 4.33. The van der Waals surface area contributed by atoms with Gasteiger partial charge in [0, 0.05) is 11.0 Å². The van der Waals surface area contributed by atoms with Crippen LogP contribution in [0.1, 0.15) is 23.6 Å². The van der Waals surface area contributed by atoms with Crippen molar-refractivity contribution in [2.75, 3.05) is 5.32 Å². The first-order valence-electron chi connectivity index (χ1n) is 6.24. The summed E-state index contributed by atoms with van der Waals surface area (Å²) in [6, 6.07) is 16.4. The Balaban J connectivity index is 2.08. The van der Waals surface area contributed by atoms with E-state index in [4.69, 9.17) is 5.26 Å². The van der Waals surface area contributed by atoms with E-state index in [1.54, 1.807) is 0 Å². The van der Waals surface area contributed by atoms with Crippen LogP contribution in [0.25, 0.3) is 0 Å². The molecule has 2 aromatic rings. The van der Waals surface area contributed by atoms with Gasteiger partial charge in [0.1, 0.15) is 6.07 Å². The molecule has 0 spiro atoms. The lowest BCUT2D eigenvalue weighted by Crippen LogP contribution is -2.01. The molecular formula is C16H15BrN2. The van der Waals surface area contributed by atoms with Crippen LogP contribution in [-0.4, -0.2) is 0 Å². The molecule has 2 aromatic carbocycles. The smallest absolute Gasteiger partial charge is 0.101 e. The first-order valence-corrected chi connectivity index (χ1v) is 7.03. The van der Waals surface area contributed by atoms with Crippen molar-refractivity contribution >= 4 is 21.6 Å². The molecule has 0 saturated heterocycles. The minimum absolute atomic E-state index is 0.652. The Hall–Kier alpha value is -1.79. The third-order valence-corrected chi connectivity index (χ3v) is 3.51. The van der Waals surface area contributed by atoms with E-state index in [0.717, 1.165) is 23.1 Å². The Kier molecular flexibility index (Phi) is 4.59. The fourth-order valence-corrected chi connectivity index (χ4v) is 2.21. The standard InChI is InChI=1S/C16H15BrN2/c1-2-12-3-5-13(6-4-12)11-19-16-8-7-15(17)9-14(16)10-18/h3-9,19H,2,11H2,1H3. The highest BCUT2D eigenvalue weighted by Crippen LogP contribution is 2.21. The molecule has 19 heavy (non-hydrogen) atoms. The molecule has 0 saturated carbocycles. The van der Waals surface area contributed by atoms with Crippen molar-refractivity contribution in [2.45, 2.75) is 19.9 Å². The van der Waals surface area contributed by atoms with Crippen molar-refractivity contribution < 1.29 is 0 Å². The average Bonchev–Trinajstić information content (AvgIpc) is 2.46. The van der Waals surface area contributed by atoms with Gasteiger partial charge < -0.3 is 5.32 Å². The molecule has 0 aliphatic carbocycles. The van der Waals surface area contributed by atoms with E-state index in [1.165, 1.54) is 11.1 Å². The quantitative estimate of drug-likeness (QED) is 0.902. The maximum Gasteiger partial charge on any atom is 0.101 e. The zero-order valence-electron chi connectivity index (χ0n) is 10.8. The number of hydrogen-bond donors (Lipinski definition) is 1. The predicted octanol–water partition coefficient (Wildman–Crippen LogP) is 4.50. The molecule has 1 N–H and O–H groups in total. The Labute approximate surface area is 122 Å². The average molecular weight is 315 g/mol. The Bertz CT molecular complexity index is 597. The number of nitriles is 1. The highest BCUT2D eigenvalue weighted by Gasteiger charge is 2.02. The van der Waals surface area contributed by atoms with E-state index in [-0.39, 0.29) is 0 Å². The molecule has 0 aliphatic rings. The summed E-state index contributed by atoms with van der Waals surface area (Å²) in [5, 5.41) is 12.4. The highest BCUT2D eigenvalue weighted by molar-refractivity contribution is 9.10. The lowest BCUT2D eigenvalue weighted by Gasteiger charge is -2.09. The third-order valence-electron chi connectivity index (χ3n) is 3.02. The first kappa shape index (κ1) is 13.6. The van der Waals surface area contributed by atoms with Crippen LogP contribution in [0.3, 0.4) is 0 Å². The van der Waals surface area contributed by atoms with Gasteiger partial charge >= 0.3 is 0 Å². The molecule has 0 aromatic heterocycles. The van der Waals surface area contributed by atoms with Crippen LogP contribution in [0.15, 0.2) is 46.9 Å². The van der Waals surface area contributed by atoms with Gasteiger partial charge in [-0.15, -0.1) is 0 Å². The first-order chi connectivity index (χ1) is 9.22. The van der Waals surface area contributed by atoms with Crippen molar-refractivity contribution in [2.24, 2.45) is 0 Å². The molecule has 0 amide bonds. The van der Waals surface area contributed by atoms with Crippen molar-refractivity contribution in [3.63, 3.8) is 0 Å². The molecule has 2 nitrogen and oxygen atoms in total. The molecule has 0 unspecified atom stereocenters. The van der Waals surface area contributed by atoms with E-state index in [0.29, 0.717) is 5.56 Å². The monoisotopic (exact) mass is 314 g/mol. The van der Waals surface area contributed by atoms with Gasteiger partial charge in [-0.05, 0) is 35.7 Å². The van der Waals surface area contributed by atoms with Gasteiger partial charge in [-0.1, -0.05) is 47.1 Å². The lowest BCUT2D eigenvalue weighted by atomic mass is 10.1.